The lowest BCUT2D eigenvalue weighted by atomic mass is 10.3. The molecular formula is C7H10O3. The standard InChI is InChI=1S/C7H10O3/c1-3-6(8)4-5-7(9)10-2/h4-5H,3H2,1-2H3/b5-4-. The number of methoxy groups -OCH3 is 1. The van der Waals surface area contributed by atoms with Crippen LogP contribution in [0.5, 0.6) is 0 Å². The van der Waals surface area contributed by atoms with Crippen molar-refractivity contribution in [2.24, 2.45) is 0 Å². The molecule has 0 aromatic carbocycles. The van der Waals surface area contributed by atoms with Gasteiger partial charge in [-0.05, 0) is 6.08 Å². The summed E-state index contributed by atoms with van der Waals surface area (Å²) in [6, 6.07) is 0. The van der Waals surface area contributed by atoms with E-state index in [4.69, 9.17) is 0 Å². The van der Waals surface area contributed by atoms with Crippen LogP contribution in [0.2, 0.25) is 0 Å². The molecule has 0 heterocycles. The number of hydrogen-bond acceptors (Lipinski definition) is 3. The van der Waals surface area contributed by atoms with Gasteiger partial charge in [-0.1, -0.05) is 6.92 Å². The summed E-state index contributed by atoms with van der Waals surface area (Å²) in [5, 5.41) is 0. The molecule has 0 bridgehead atoms. The average Bonchev–Trinajstić information content (AvgIpc) is 1.99. The fourth-order valence-electron chi connectivity index (χ4n) is 0.347. The molecule has 0 radical (unpaired) electrons. The largest absolute Gasteiger partial charge is 0.466 e. The van der Waals surface area contributed by atoms with E-state index >= 15 is 0 Å². The number of esters is 1. The molecule has 0 atom stereocenters. The first-order valence-electron chi connectivity index (χ1n) is 2.99. The van der Waals surface area contributed by atoms with Crippen molar-refractivity contribution in [1.29, 1.82) is 0 Å². The van der Waals surface area contributed by atoms with Crippen molar-refractivity contribution in [3.63, 3.8) is 0 Å². The van der Waals surface area contributed by atoms with Crippen LogP contribution >= 0.6 is 0 Å². The Morgan fingerprint density at radius 2 is 2.00 bits per heavy atom. The van der Waals surface area contributed by atoms with Gasteiger partial charge in [-0.2, -0.15) is 0 Å². The number of ketones is 1. The molecule has 0 rings (SSSR count). The van der Waals surface area contributed by atoms with Crippen molar-refractivity contribution in [2.45, 2.75) is 13.3 Å². The Hall–Kier alpha value is -1.12. The third-order valence-corrected chi connectivity index (χ3v) is 0.955. The quantitative estimate of drug-likeness (QED) is 0.430. The highest BCUT2D eigenvalue weighted by molar-refractivity contribution is 5.95. The number of ether oxygens (including phenoxy) is 1. The van der Waals surface area contributed by atoms with Gasteiger partial charge < -0.3 is 4.74 Å². The molecule has 0 N–H and O–H groups in total. The van der Waals surface area contributed by atoms with Gasteiger partial charge in [-0.15, -0.1) is 0 Å². The molecular weight excluding hydrogens is 132 g/mol. The maximum atomic E-state index is 10.5. The second-order valence-corrected chi connectivity index (χ2v) is 1.68. The number of allylic oxidation sites excluding steroid dienone is 1. The number of rotatable bonds is 3. The molecule has 0 unspecified atom stereocenters. The molecule has 0 fully saturated rings. The Morgan fingerprint density at radius 3 is 2.40 bits per heavy atom. The number of carbonyl (C=O) groups excluding carboxylic acids is 2. The Balaban J connectivity index is 3.75. The summed E-state index contributed by atoms with van der Waals surface area (Å²) < 4.78 is 4.27. The minimum atomic E-state index is -0.498. The first-order valence-corrected chi connectivity index (χ1v) is 2.99. The summed E-state index contributed by atoms with van der Waals surface area (Å²) >= 11 is 0. The summed E-state index contributed by atoms with van der Waals surface area (Å²) in [6.45, 7) is 1.73. The van der Waals surface area contributed by atoms with E-state index in [1.165, 1.54) is 13.2 Å². The van der Waals surface area contributed by atoms with Crippen LogP contribution in [0.15, 0.2) is 12.2 Å². The first kappa shape index (κ1) is 8.88. The zero-order chi connectivity index (χ0) is 7.98. The van der Waals surface area contributed by atoms with Gasteiger partial charge in [0.1, 0.15) is 0 Å². The fourth-order valence-corrected chi connectivity index (χ4v) is 0.347. The molecule has 0 aromatic rings. The minimum Gasteiger partial charge on any atom is -0.466 e. The lowest BCUT2D eigenvalue weighted by Gasteiger charge is -1.87. The molecule has 3 nitrogen and oxygen atoms in total. The Labute approximate surface area is 59.7 Å². The zero-order valence-electron chi connectivity index (χ0n) is 6.09. The average molecular weight is 142 g/mol. The normalized spacial score (nSPS) is 9.80. The van der Waals surface area contributed by atoms with Gasteiger partial charge in [-0.25, -0.2) is 4.79 Å². The number of hydrogen-bond donors (Lipinski definition) is 0. The molecule has 0 aliphatic carbocycles. The predicted molar refractivity (Wildman–Crippen MR) is 36.5 cm³/mol. The maximum Gasteiger partial charge on any atom is 0.330 e. The van der Waals surface area contributed by atoms with Crippen LogP contribution in [0, 0.1) is 0 Å². The van der Waals surface area contributed by atoms with Crippen LogP contribution in [-0.2, 0) is 14.3 Å². The summed E-state index contributed by atoms with van der Waals surface area (Å²) in [5.41, 5.74) is 0. The van der Waals surface area contributed by atoms with Gasteiger partial charge in [0, 0.05) is 12.5 Å². The van der Waals surface area contributed by atoms with Crippen LogP contribution in [0.4, 0.5) is 0 Å². The van der Waals surface area contributed by atoms with Crippen LogP contribution in [0.1, 0.15) is 13.3 Å². The Kier molecular flexibility index (Phi) is 4.20. The van der Waals surface area contributed by atoms with E-state index in [1.807, 2.05) is 0 Å². The first-order chi connectivity index (χ1) is 4.70. The van der Waals surface area contributed by atoms with Gasteiger partial charge in [0.2, 0.25) is 0 Å². The smallest absolute Gasteiger partial charge is 0.330 e. The fraction of sp³-hybridized carbons (Fsp3) is 0.429. The van der Waals surface area contributed by atoms with Gasteiger partial charge in [-0.3, -0.25) is 4.79 Å². The van der Waals surface area contributed by atoms with Crippen LogP contribution in [0.3, 0.4) is 0 Å². The van der Waals surface area contributed by atoms with Gasteiger partial charge in [0.25, 0.3) is 0 Å². The van der Waals surface area contributed by atoms with Gasteiger partial charge in [0.05, 0.1) is 7.11 Å². The SMILES string of the molecule is CCC(=O)/C=C\C(=O)OC. The second kappa shape index (κ2) is 4.73. The van der Waals surface area contributed by atoms with E-state index in [0.717, 1.165) is 6.08 Å². The molecule has 10 heavy (non-hydrogen) atoms. The molecule has 0 aromatic heterocycles. The van der Waals surface area contributed by atoms with Crippen molar-refractivity contribution in [3.8, 4) is 0 Å². The van der Waals surface area contributed by atoms with E-state index in [0.29, 0.717) is 6.42 Å². The van der Waals surface area contributed by atoms with E-state index < -0.39 is 5.97 Å². The highest BCUT2D eigenvalue weighted by Gasteiger charge is 1.93. The summed E-state index contributed by atoms with van der Waals surface area (Å²) in [4.78, 5) is 20.9. The van der Waals surface area contributed by atoms with Gasteiger partial charge >= 0.3 is 5.97 Å². The number of carbonyl (C=O) groups is 2. The summed E-state index contributed by atoms with van der Waals surface area (Å²) in [5.74, 6) is -0.577. The Morgan fingerprint density at radius 1 is 1.40 bits per heavy atom. The highest BCUT2D eigenvalue weighted by atomic mass is 16.5. The molecule has 3 heteroatoms. The molecule has 0 saturated heterocycles. The van der Waals surface area contributed by atoms with E-state index in [9.17, 15) is 9.59 Å². The summed E-state index contributed by atoms with van der Waals surface area (Å²) in [7, 11) is 1.27. The van der Waals surface area contributed by atoms with Crippen LogP contribution < -0.4 is 0 Å². The minimum absolute atomic E-state index is 0.0783. The summed E-state index contributed by atoms with van der Waals surface area (Å²) in [6.07, 6.45) is 2.74. The second-order valence-electron chi connectivity index (χ2n) is 1.68. The molecule has 0 amide bonds. The Bertz CT molecular complexity index is 140. The monoisotopic (exact) mass is 142 g/mol. The molecule has 56 valence electrons. The van der Waals surface area contributed by atoms with E-state index in [2.05, 4.69) is 4.74 Å². The molecule has 0 saturated carbocycles. The van der Waals surface area contributed by atoms with Crippen molar-refractivity contribution < 1.29 is 14.3 Å². The van der Waals surface area contributed by atoms with Crippen molar-refractivity contribution in [1.82, 2.24) is 0 Å². The lowest BCUT2D eigenvalue weighted by molar-refractivity contribution is -0.135. The maximum absolute atomic E-state index is 10.5. The van der Waals surface area contributed by atoms with E-state index in [1.54, 1.807) is 6.92 Å². The van der Waals surface area contributed by atoms with Crippen molar-refractivity contribution in [3.05, 3.63) is 12.2 Å². The highest BCUT2D eigenvalue weighted by Crippen LogP contribution is 1.84. The molecule has 0 spiro atoms. The molecule has 0 aliphatic heterocycles. The van der Waals surface area contributed by atoms with E-state index in [-0.39, 0.29) is 5.78 Å². The third kappa shape index (κ3) is 3.83. The lowest BCUT2D eigenvalue weighted by Crippen LogP contribution is -1.96. The van der Waals surface area contributed by atoms with Crippen LogP contribution in [-0.4, -0.2) is 18.9 Å². The predicted octanol–water partition coefficient (Wildman–Crippen LogP) is 0.695. The third-order valence-electron chi connectivity index (χ3n) is 0.955. The van der Waals surface area contributed by atoms with Crippen molar-refractivity contribution in [2.75, 3.05) is 7.11 Å². The molecule has 0 aliphatic rings. The zero-order valence-corrected chi connectivity index (χ0v) is 6.09. The topological polar surface area (TPSA) is 43.4 Å². The van der Waals surface area contributed by atoms with Crippen molar-refractivity contribution >= 4 is 11.8 Å². The van der Waals surface area contributed by atoms with Crippen LogP contribution in [0.25, 0.3) is 0 Å². The van der Waals surface area contributed by atoms with Gasteiger partial charge in [0.15, 0.2) is 5.78 Å².